The third kappa shape index (κ3) is 4.21. The highest BCUT2D eigenvalue weighted by Crippen LogP contribution is 2.18. The van der Waals surface area contributed by atoms with E-state index in [0.717, 1.165) is 18.4 Å². The summed E-state index contributed by atoms with van der Waals surface area (Å²) >= 11 is 0. The van der Waals surface area contributed by atoms with E-state index >= 15 is 0 Å². The Bertz CT molecular complexity index is 475. The quantitative estimate of drug-likeness (QED) is 0.625. The molecule has 1 saturated heterocycles. The van der Waals surface area contributed by atoms with Gasteiger partial charge in [-0.15, -0.1) is 0 Å². The minimum absolute atomic E-state index is 0.272. The van der Waals surface area contributed by atoms with Crippen LogP contribution in [0, 0.1) is 5.92 Å². The first-order valence-corrected chi connectivity index (χ1v) is 6.79. The molecule has 1 aromatic carbocycles. The number of isocyanates is 1. The summed E-state index contributed by atoms with van der Waals surface area (Å²) in [5, 5.41) is 0. The van der Waals surface area contributed by atoms with E-state index in [1.807, 2.05) is 30.3 Å². The molecule has 1 fully saturated rings. The number of carbonyl (C=O) groups is 1. The van der Waals surface area contributed by atoms with Gasteiger partial charge >= 0.3 is 6.09 Å². The van der Waals surface area contributed by atoms with Gasteiger partial charge in [0, 0.05) is 13.1 Å². The molecule has 1 aromatic rings. The lowest BCUT2D eigenvalue weighted by Gasteiger charge is -2.30. The van der Waals surface area contributed by atoms with Gasteiger partial charge in [-0.25, -0.2) is 14.6 Å². The van der Waals surface area contributed by atoms with Crippen LogP contribution in [0.3, 0.4) is 0 Å². The average Bonchev–Trinajstić information content (AvgIpc) is 2.52. The predicted molar refractivity (Wildman–Crippen MR) is 73.9 cm³/mol. The van der Waals surface area contributed by atoms with Crippen molar-refractivity contribution in [3.63, 3.8) is 0 Å². The second-order valence-electron chi connectivity index (χ2n) is 4.90. The van der Waals surface area contributed by atoms with Gasteiger partial charge in [-0.3, -0.25) is 0 Å². The van der Waals surface area contributed by atoms with Gasteiger partial charge in [0.1, 0.15) is 6.61 Å². The molecule has 0 spiro atoms. The van der Waals surface area contributed by atoms with Gasteiger partial charge in [-0.1, -0.05) is 30.3 Å². The van der Waals surface area contributed by atoms with Crippen molar-refractivity contribution in [1.29, 1.82) is 0 Å². The normalized spacial score (nSPS) is 15.5. The molecule has 2 rings (SSSR count). The second-order valence-corrected chi connectivity index (χ2v) is 4.90. The highest BCUT2D eigenvalue weighted by Gasteiger charge is 2.23. The molecule has 0 bridgehead atoms. The van der Waals surface area contributed by atoms with E-state index in [0.29, 0.717) is 32.2 Å². The molecule has 1 aliphatic heterocycles. The van der Waals surface area contributed by atoms with Crippen molar-refractivity contribution < 1.29 is 14.3 Å². The molecule has 1 aliphatic rings. The first-order valence-electron chi connectivity index (χ1n) is 6.79. The Kier molecular flexibility index (Phi) is 5.33. The van der Waals surface area contributed by atoms with Gasteiger partial charge in [0.15, 0.2) is 0 Å². The van der Waals surface area contributed by atoms with Gasteiger partial charge < -0.3 is 9.64 Å². The second kappa shape index (κ2) is 7.46. The molecule has 0 saturated carbocycles. The summed E-state index contributed by atoms with van der Waals surface area (Å²) < 4.78 is 5.29. The zero-order chi connectivity index (χ0) is 14.2. The number of amides is 1. The van der Waals surface area contributed by atoms with Crippen molar-refractivity contribution in [2.24, 2.45) is 10.9 Å². The van der Waals surface area contributed by atoms with Crippen LogP contribution in [0.4, 0.5) is 4.79 Å². The fraction of sp³-hybridized carbons (Fsp3) is 0.467. The van der Waals surface area contributed by atoms with Gasteiger partial charge in [-0.05, 0) is 24.3 Å². The first-order chi connectivity index (χ1) is 9.79. The smallest absolute Gasteiger partial charge is 0.410 e. The number of carbonyl (C=O) groups excluding carboxylic acids is 2. The Morgan fingerprint density at radius 1 is 1.30 bits per heavy atom. The van der Waals surface area contributed by atoms with E-state index < -0.39 is 0 Å². The van der Waals surface area contributed by atoms with Crippen molar-refractivity contribution in [2.75, 3.05) is 19.6 Å². The maximum atomic E-state index is 11.9. The number of benzene rings is 1. The molecule has 5 heteroatoms. The third-order valence-electron chi connectivity index (χ3n) is 3.49. The van der Waals surface area contributed by atoms with Crippen LogP contribution in [0.25, 0.3) is 0 Å². The standard InChI is InChI=1S/C15H18N2O3/c18-12-16-10-13-6-8-17(9-7-13)15(19)20-11-14-4-2-1-3-5-14/h1-5,13H,6-11H2. The lowest BCUT2D eigenvalue weighted by Crippen LogP contribution is -2.39. The number of nitrogens with zero attached hydrogens (tertiary/aromatic N) is 2. The molecule has 0 atom stereocenters. The lowest BCUT2D eigenvalue weighted by atomic mass is 9.97. The van der Waals surface area contributed by atoms with Crippen LogP contribution in [0.5, 0.6) is 0 Å². The molecule has 5 nitrogen and oxygen atoms in total. The Hall–Kier alpha value is -2.13. The highest BCUT2D eigenvalue weighted by molar-refractivity contribution is 5.67. The topological polar surface area (TPSA) is 59.0 Å². The Balaban J connectivity index is 1.73. The van der Waals surface area contributed by atoms with Crippen molar-refractivity contribution in [3.8, 4) is 0 Å². The lowest BCUT2D eigenvalue weighted by molar-refractivity contribution is 0.0829. The van der Waals surface area contributed by atoms with Crippen LogP contribution in [-0.2, 0) is 16.1 Å². The summed E-state index contributed by atoms with van der Waals surface area (Å²) in [6, 6.07) is 9.62. The van der Waals surface area contributed by atoms with E-state index in [1.54, 1.807) is 11.0 Å². The van der Waals surface area contributed by atoms with Gasteiger partial charge in [-0.2, -0.15) is 0 Å². The maximum Gasteiger partial charge on any atom is 0.410 e. The van der Waals surface area contributed by atoms with Crippen molar-refractivity contribution in [1.82, 2.24) is 4.90 Å². The van der Waals surface area contributed by atoms with Gasteiger partial charge in [0.25, 0.3) is 0 Å². The van der Waals surface area contributed by atoms with Crippen molar-refractivity contribution in [2.45, 2.75) is 19.4 Å². The zero-order valence-corrected chi connectivity index (χ0v) is 11.3. The van der Waals surface area contributed by atoms with Gasteiger partial charge in [0.2, 0.25) is 6.08 Å². The summed E-state index contributed by atoms with van der Waals surface area (Å²) in [5.41, 5.74) is 0.982. The van der Waals surface area contributed by atoms with Crippen LogP contribution >= 0.6 is 0 Å². The SMILES string of the molecule is O=C=NCC1CCN(C(=O)OCc2ccccc2)CC1. The van der Waals surface area contributed by atoms with Gasteiger partial charge in [0.05, 0.1) is 6.54 Å². The van der Waals surface area contributed by atoms with Crippen LogP contribution in [0.1, 0.15) is 18.4 Å². The summed E-state index contributed by atoms with van der Waals surface area (Å²) in [7, 11) is 0. The fourth-order valence-corrected chi connectivity index (χ4v) is 2.28. The minimum Gasteiger partial charge on any atom is -0.445 e. The molecular weight excluding hydrogens is 256 g/mol. The number of likely N-dealkylation sites (tertiary alicyclic amines) is 1. The Morgan fingerprint density at radius 2 is 2.00 bits per heavy atom. The Labute approximate surface area is 118 Å². The number of rotatable bonds is 4. The van der Waals surface area contributed by atoms with Crippen molar-refractivity contribution in [3.05, 3.63) is 35.9 Å². The molecule has 0 N–H and O–H groups in total. The fourth-order valence-electron chi connectivity index (χ4n) is 2.28. The molecule has 1 heterocycles. The van der Waals surface area contributed by atoms with Crippen molar-refractivity contribution >= 4 is 12.2 Å². The van der Waals surface area contributed by atoms with Crippen LogP contribution < -0.4 is 0 Å². The predicted octanol–water partition coefficient (Wildman–Crippen LogP) is 2.37. The monoisotopic (exact) mass is 274 g/mol. The van der Waals surface area contributed by atoms with Crippen LogP contribution in [-0.4, -0.2) is 36.7 Å². The first kappa shape index (κ1) is 14.3. The largest absolute Gasteiger partial charge is 0.445 e. The van der Waals surface area contributed by atoms with Crippen LogP contribution in [0.15, 0.2) is 35.3 Å². The minimum atomic E-state index is -0.272. The van der Waals surface area contributed by atoms with E-state index in [2.05, 4.69) is 4.99 Å². The number of ether oxygens (including phenoxy) is 1. The number of aliphatic imine (C=N–C) groups is 1. The third-order valence-corrected chi connectivity index (χ3v) is 3.49. The molecular formula is C15H18N2O3. The molecule has 0 aromatic heterocycles. The highest BCUT2D eigenvalue weighted by atomic mass is 16.6. The summed E-state index contributed by atoms with van der Waals surface area (Å²) in [6.45, 7) is 2.13. The van der Waals surface area contributed by atoms with E-state index in [4.69, 9.17) is 4.74 Å². The van der Waals surface area contributed by atoms with E-state index in [-0.39, 0.29) is 6.09 Å². The maximum absolute atomic E-state index is 11.9. The molecule has 0 unspecified atom stereocenters. The average molecular weight is 274 g/mol. The summed E-state index contributed by atoms with van der Waals surface area (Å²) in [4.78, 5) is 27.3. The summed E-state index contributed by atoms with van der Waals surface area (Å²) in [6.07, 6.45) is 2.99. The molecule has 106 valence electrons. The number of piperidine rings is 1. The summed E-state index contributed by atoms with van der Waals surface area (Å²) in [5.74, 6) is 0.370. The zero-order valence-electron chi connectivity index (χ0n) is 11.3. The Morgan fingerprint density at radius 3 is 2.65 bits per heavy atom. The number of hydrogen-bond acceptors (Lipinski definition) is 4. The van der Waals surface area contributed by atoms with E-state index in [1.165, 1.54) is 0 Å². The molecule has 1 amide bonds. The number of hydrogen-bond donors (Lipinski definition) is 0. The van der Waals surface area contributed by atoms with Crippen LogP contribution in [0.2, 0.25) is 0 Å². The molecule has 0 radical (unpaired) electrons. The van der Waals surface area contributed by atoms with E-state index in [9.17, 15) is 9.59 Å². The molecule has 20 heavy (non-hydrogen) atoms. The molecule has 0 aliphatic carbocycles.